The number of hydrogen-bond acceptors (Lipinski definition) is 3. The molecular formula is C11H12ClN3O. The molecule has 0 saturated carbocycles. The predicted octanol–water partition coefficient (Wildman–Crippen LogP) is 1.74. The lowest BCUT2D eigenvalue weighted by Crippen LogP contribution is -2.09. The molecule has 2 aromatic rings. The Morgan fingerprint density at radius 3 is 2.69 bits per heavy atom. The fraction of sp³-hybridized carbons (Fsp3) is 0.182. The fourth-order valence-electron chi connectivity index (χ4n) is 1.63. The molecule has 1 heterocycles. The average molecular weight is 238 g/mol. The van der Waals surface area contributed by atoms with Gasteiger partial charge >= 0.3 is 0 Å². The smallest absolute Gasteiger partial charge is 0.124 e. The minimum Gasteiger partial charge on any atom is -0.398 e. The van der Waals surface area contributed by atoms with Crippen LogP contribution >= 0.6 is 11.6 Å². The van der Waals surface area contributed by atoms with E-state index in [1.165, 1.54) is 6.20 Å². The van der Waals surface area contributed by atoms with E-state index in [1.54, 1.807) is 23.9 Å². The van der Waals surface area contributed by atoms with E-state index in [0.29, 0.717) is 22.0 Å². The Morgan fingerprint density at radius 2 is 2.12 bits per heavy atom. The molecule has 16 heavy (non-hydrogen) atoms. The molecule has 0 aliphatic carbocycles. The number of aliphatic hydroxyl groups excluding tert-OH is 1. The molecule has 0 bridgehead atoms. The largest absolute Gasteiger partial charge is 0.398 e. The lowest BCUT2D eigenvalue weighted by atomic mass is 10.0. The molecule has 0 aliphatic heterocycles. The van der Waals surface area contributed by atoms with E-state index >= 15 is 0 Å². The molecule has 4 nitrogen and oxygen atoms in total. The third-order valence-corrected chi connectivity index (χ3v) is 2.78. The van der Waals surface area contributed by atoms with E-state index in [2.05, 4.69) is 5.10 Å². The second kappa shape index (κ2) is 4.15. The van der Waals surface area contributed by atoms with Crippen molar-refractivity contribution in [2.24, 2.45) is 7.05 Å². The summed E-state index contributed by atoms with van der Waals surface area (Å²) in [7, 11) is 1.73. The van der Waals surface area contributed by atoms with Gasteiger partial charge in [-0.1, -0.05) is 29.8 Å². The van der Waals surface area contributed by atoms with Crippen molar-refractivity contribution in [1.29, 1.82) is 0 Å². The Hall–Kier alpha value is -1.52. The van der Waals surface area contributed by atoms with Crippen LogP contribution in [-0.2, 0) is 7.05 Å². The standard InChI is InChI=1S/C11H12ClN3O/c1-15-10(8(12)6-14-15)11(16)7-4-2-3-5-9(7)13/h2-6,11,16H,13H2,1H3. The first-order valence-electron chi connectivity index (χ1n) is 4.81. The summed E-state index contributed by atoms with van der Waals surface area (Å²) in [6, 6.07) is 7.14. The van der Waals surface area contributed by atoms with Crippen molar-refractivity contribution in [3.05, 3.63) is 46.7 Å². The van der Waals surface area contributed by atoms with E-state index in [9.17, 15) is 5.11 Å². The number of aromatic nitrogens is 2. The van der Waals surface area contributed by atoms with Crippen LogP contribution in [0.5, 0.6) is 0 Å². The maximum atomic E-state index is 10.2. The molecule has 0 saturated heterocycles. The van der Waals surface area contributed by atoms with Gasteiger partial charge in [0.2, 0.25) is 0 Å². The monoisotopic (exact) mass is 237 g/mol. The summed E-state index contributed by atoms with van der Waals surface area (Å²) < 4.78 is 1.54. The van der Waals surface area contributed by atoms with Crippen LogP contribution in [0.15, 0.2) is 30.5 Å². The molecule has 0 amide bonds. The van der Waals surface area contributed by atoms with Crippen molar-refractivity contribution in [3.63, 3.8) is 0 Å². The number of halogens is 1. The maximum Gasteiger partial charge on any atom is 0.124 e. The number of rotatable bonds is 2. The maximum absolute atomic E-state index is 10.2. The van der Waals surface area contributed by atoms with Crippen LogP contribution in [0.25, 0.3) is 0 Å². The van der Waals surface area contributed by atoms with E-state index in [-0.39, 0.29) is 0 Å². The van der Waals surface area contributed by atoms with Gasteiger partial charge in [-0.05, 0) is 6.07 Å². The minimum absolute atomic E-state index is 0.429. The predicted molar refractivity (Wildman–Crippen MR) is 63.1 cm³/mol. The second-order valence-electron chi connectivity index (χ2n) is 3.53. The van der Waals surface area contributed by atoms with Gasteiger partial charge in [-0.3, -0.25) is 4.68 Å². The quantitative estimate of drug-likeness (QED) is 0.782. The van der Waals surface area contributed by atoms with Gasteiger partial charge in [0.1, 0.15) is 6.10 Å². The van der Waals surface area contributed by atoms with Crippen LogP contribution < -0.4 is 5.73 Å². The second-order valence-corrected chi connectivity index (χ2v) is 3.94. The van der Waals surface area contributed by atoms with E-state index in [0.717, 1.165) is 0 Å². The van der Waals surface area contributed by atoms with Gasteiger partial charge in [-0.15, -0.1) is 0 Å². The molecule has 3 N–H and O–H groups in total. The summed E-state index contributed by atoms with van der Waals surface area (Å²) in [6.07, 6.45) is 0.639. The number of nitrogen functional groups attached to an aromatic ring is 1. The Kier molecular flexibility index (Phi) is 2.85. The Morgan fingerprint density at radius 1 is 1.44 bits per heavy atom. The number of aryl methyl sites for hydroxylation is 1. The summed E-state index contributed by atoms with van der Waals surface area (Å²) in [5, 5.41) is 14.6. The average Bonchev–Trinajstić information content (AvgIpc) is 2.58. The van der Waals surface area contributed by atoms with Crippen LogP contribution in [0.2, 0.25) is 5.02 Å². The zero-order chi connectivity index (χ0) is 11.7. The molecular weight excluding hydrogens is 226 g/mol. The van der Waals surface area contributed by atoms with Crippen molar-refractivity contribution < 1.29 is 5.11 Å². The van der Waals surface area contributed by atoms with Gasteiger partial charge in [-0.2, -0.15) is 5.10 Å². The molecule has 0 fully saturated rings. The van der Waals surface area contributed by atoms with Crippen molar-refractivity contribution >= 4 is 17.3 Å². The van der Waals surface area contributed by atoms with Crippen molar-refractivity contribution in [2.75, 3.05) is 5.73 Å². The van der Waals surface area contributed by atoms with Crippen LogP contribution in [0, 0.1) is 0 Å². The molecule has 0 radical (unpaired) electrons. The first-order valence-corrected chi connectivity index (χ1v) is 5.19. The van der Waals surface area contributed by atoms with Crippen LogP contribution in [-0.4, -0.2) is 14.9 Å². The van der Waals surface area contributed by atoms with Crippen molar-refractivity contribution in [1.82, 2.24) is 9.78 Å². The van der Waals surface area contributed by atoms with Crippen LogP contribution in [0.1, 0.15) is 17.4 Å². The first-order chi connectivity index (χ1) is 7.61. The number of nitrogens with zero attached hydrogens (tertiary/aromatic N) is 2. The summed E-state index contributed by atoms with van der Waals surface area (Å²) in [5.74, 6) is 0. The van der Waals surface area contributed by atoms with Crippen LogP contribution in [0.3, 0.4) is 0 Å². The Balaban J connectivity index is 2.47. The minimum atomic E-state index is -0.860. The molecule has 0 aliphatic rings. The third kappa shape index (κ3) is 1.77. The highest BCUT2D eigenvalue weighted by atomic mass is 35.5. The van der Waals surface area contributed by atoms with Crippen molar-refractivity contribution in [3.8, 4) is 0 Å². The highest BCUT2D eigenvalue weighted by Crippen LogP contribution is 2.30. The molecule has 84 valence electrons. The summed E-state index contributed by atoms with van der Waals surface area (Å²) in [5.41, 5.74) is 7.50. The van der Waals surface area contributed by atoms with Crippen LogP contribution in [0.4, 0.5) is 5.69 Å². The van der Waals surface area contributed by atoms with E-state index in [4.69, 9.17) is 17.3 Å². The lowest BCUT2D eigenvalue weighted by molar-refractivity contribution is 0.210. The molecule has 5 heteroatoms. The number of para-hydroxylation sites is 1. The molecule has 1 aromatic carbocycles. The molecule has 2 rings (SSSR count). The Labute approximate surface area is 98.3 Å². The summed E-state index contributed by atoms with van der Waals surface area (Å²) in [6.45, 7) is 0. The lowest BCUT2D eigenvalue weighted by Gasteiger charge is -2.14. The number of aliphatic hydroxyl groups is 1. The van der Waals surface area contributed by atoms with Crippen molar-refractivity contribution in [2.45, 2.75) is 6.10 Å². The van der Waals surface area contributed by atoms with E-state index in [1.807, 2.05) is 12.1 Å². The fourth-order valence-corrected chi connectivity index (χ4v) is 1.90. The number of nitrogens with two attached hydrogens (primary N) is 1. The summed E-state index contributed by atoms with van der Waals surface area (Å²) in [4.78, 5) is 0. The number of benzene rings is 1. The number of anilines is 1. The highest BCUT2D eigenvalue weighted by molar-refractivity contribution is 6.31. The van der Waals surface area contributed by atoms with E-state index < -0.39 is 6.10 Å². The summed E-state index contributed by atoms with van der Waals surface area (Å²) >= 11 is 5.96. The van der Waals surface area contributed by atoms with Gasteiger partial charge < -0.3 is 10.8 Å². The third-order valence-electron chi connectivity index (χ3n) is 2.49. The van der Waals surface area contributed by atoms with Gasteiger partial charge in [0.05, 0.1) is 16.9 Å². The van der Waals surface area contributed by atoms with Gasteiger partial charge in [0.25, 0.3) is 0 Å². The Bertz CT molecular complexity index is 490. The molecule has 0 spiro atoms. The van der Waals surface area contributed by atoms with Gasteiger partial charge in [0.15, 0.2) is 0 Å². The number of hydrogen-bond donors (Lipinski definition) is 2. The molecule has 1 atom stereocenters. The first kappa shape index (κ1) is 11.0. The van der Waals surface area contributed by atoms with Gasteiger partial charge in [0, 0.05) is 18.3 Å². The topological polar surface area (TPSA) is 64.1 Å². The molecule has 1 aromatic heterocycles. The van der Waals surface area contributed by atoms with Gasteiger partial charge in [-0.25, -0.2) is 0 Å². The zero-order valence-corrected chi connectivity index (χ0v) is 9.52. The SMILES string of the molecule is Cn1ncc(Cl)c1C(O)c1ccccc1N. The zero-order valence-electron chi connectivity index (χ0n) is 8.76. The molecule has 1 unspecified atom stereocenters. The normalized spacial score (nSPS) is 12.7. The highest BCUT2D eigenvalue weighted by Gasteiger charge is 2.19.